The van der Waals surface area contributed by atoms with Crippen LogP contribution in [-0.4, -0.2) is 23.8 Å². The molecule has 0 unspecified atom stereocenters. The van der Waals surface area contributed by atoms with Crippen molar-refractivity contribution >= 4 is 23.1 Å². The first-order chi connectivity index (χ1) is 11.3. The van der Waals surface area contributed by atoms with Crippen LogP contribution >= 0.6 is 0 Å². The molecule has 24 heavy (non-hydrogen) atoms. The van der Waals surface area contributed by atoms with E-state index in [0.717, 1.165) is 22.5 Å². The summed E-state index contributed by atoms with van der Waals surface area (Å²) in [5.41, 5.74) is 3.75. The molecular weight excluding hydrogens is 300 g/mol. The number of amides is 1. The summed E-state index contributed by atoms with van der Waals surface area (Å²) in [4.78, 5) is 27.1. The molecule has 4 heteroatoms. The molecule has 0 atom stereocenters. The maximum Gasteiger partial charge on any atom is 0.252 e. The van der Waals surface area contributed by atoms with E-state index < -0.39 is 5.54 Å². The second kappa shape index (κ2) is 5.78. The third kappa shape index (κ3) is 2.80. The lowest BCUT2D eigenvalue weighted by Crippen LogP contribution is -2.55. The summed E-state index contributed by atoms with van der Waals surface area (Å²) in [6.07, 6.45) is 0. The maximum absolute atomic E-state index is 12.8. The van der Waals surface area contributed by atoms with Crippen molar-refractivity contribution < 1.29 is 9.59 Å². The van der Waals surface area contributed by atoms with Crippen molar-refractivity contribution in [3.63, 3.8) is 0 Å². The first-order valence-electron chi connectivity index (χ1n) is 8.09. The van der Waals surface area contributed by atoms with Crippen LogP contribution in [-0.2, 0) is 4.79 Å². The third-order valence-corrected chi connectivity index (χ3v) is 4.55. The monoisotopic (exact) mass is 322 g/mol. The zero-order chi connectivity index (χ0) is 17.5. The molecule has 4 nitrogen and oxygen atoms in total. The van der Waals surface area contributed by atoms with Crippen molar-refractivity contribution in [3.05, 3.63) is 59.2 Å². The van der Waals surface area contributed by atoms with Crippen LogP contribution in [0.25, 0.3) is 0 Å². The Kier molecular flexibility index (Phi) is 3.91. The number of nitrogens with one attached hydrogen (secondary N) is 1. The van der Waals surface area contributed by atoms with Gasteiger partial charge in [0.2, 0.25) is 0 Å². The minimum absolute atomic E-state index is 0.0451. The van der Waals surface area contributed by atoms with Gasteiger partial charge in [-0.1, -0.05) is 24.3 Å². The van der Waals surface area contributed by atoms with Gasteiger partial charge >= 0.3 is 0 Å². The molecule has 124 valence electrons. The van der Waals surface area contributed by atoms with Crippen LogP contribution in [0.5, 0.6) is 0 Å². The zero-order valence-corrected chi connectivity index (χ0v) is 14.5. The van der Waals surface area contributed by atoms with Crippen molar-refractivity contribution in [2.75, 3.05) is 16.8 Å². The van der Waals surface area contributed by atoms with E-state index in [1.54, 1.807) is 4.90 Å². The number of ketones is 1. The maximum atomic E-state index is 12.8. The van der Waals surface area contributed by atoms with Gasteiger partial charge in [-0.2, -0.15) is 0 Å². The van der Waals surface area contributed by atoms with Gasteiger partial charge in [-0.25, -0.2) is 0 Å². The molecule has 0 aliphatic carbocycles. The number of nitrogens with zero attached hydrogens (tertiary/aromatic N) is 1. The van der Waals surface area contributed by atoms with Crippen molar-refractivity contribution in [1.82, 2.24) is 0 Å². The van der Waals surface area contributed by atoms with E-state index in [1.807, 2.05) is 70.2 Å². The smallest absolute Gasteiger partial charge is 0.252 e. The quantitative estimate of drug-likeness (QED) is 0.876. The standard InChI is InChI=1S/C20H22N2O2/c1-13-9-10-15(11-14(13)2)18(23)12-22-17-8-6-5-7-16(17)21-20(3,4)19(22)24/h5-11,21H,12H2,1-4H3. The Hall–Kier alpha value is -2.62. The summed E-state index contributed by atoms with van der Waals surface area (Å²) in [6.45, 7) is 7.71. The molecule has 0 saturated heterocycles. The molecule has 0 fully saturated rings. The van der Waals surface area contributed by atoms with Crippen molar-refractivity contribution in [2.45, 2.75) is 33.2 Å². The third-order valence-electron chi connectivity index (χ3n) is 4.55. The van der Waals surface area contributed by atoms with Gasteiger partial charge in [0.25, 0.3) is 5.91 Å². The van der Waals surface area contributed by atoms with Gasteiger partial charge in [-0.3, -0.25) is 9.59 Å². The molecule has 0 aromatic heterocycles. The van der Waals surface area contributed by atoms with E-state index >= 15 is 0 Å². The van der Waals surface area contributed by atoms with E-state index in [1.165, 1.54) is 0 Å². The molecule has 2 aromatic rings. The van der Waals surface area contributed by atoms with Gasteiger partial charge in [0.1, 0.15) is 5.54 Å². The molecule has 1 amide bonds. The average molecular weight is 322 g/mol. The Morgan fingerprint density at radius 3 is 2.50 bits per heavy atom. The van der Waals surface area contributed by atoms with Gasteiger partial charge in [-0.05, 0) is 57.0 Å². The van der Waals surface area contributed by atoms with E-state index in [2.05, 4.69) is 5.32 Å². The van der Waals surface area contributed by atoms with Crippen LogP contribution in [0, 0.1) is 13.8 Å². The van der Waals surface area contributed by atoms with E-state index in [9.17, 15) is 9.59 Å². The Morgan fingerprint density at radius 1 is 1.08 bits per heavy atom. The van der Waals surface area contributed by atoms with Crippen LogP contribution in [0.1, 0.15) is 35.3 Å². The fraction of sp³-hybridized carbons (Fsp3) is 0.300. The molecule has 0 radical (unpaired) electrons. The van der Waals surface area contributed by atoms with E-state index in [0.29, 0.717) is 5.56 Å². The van der Waals surface area contributed by atoms with Gasteiger partial charge in [0, 0.05) is 5.56 Å². The SMILES string of the molecule is Cc1ccc(C(=O)CN2C(=O)C(C)(C)Nc3ccccc32)cc1C. The number of fused-ring (bicyclic) bond motifs is 1. The topological polar surface area (TPSA) is 49.4 Å². The zero-order valence-electron chi connectivity index (χ0n) is 14.5. The number of hydrogen-bond acceptors (Lipinski definition) is 3. The number of benzene rings is 2. The second-order valence-corrected chi connectivity index (χ2v) is 6.88. The fourth-order valence-corrected chi connectivity index (χ4v) is 2.96. The number of para-hydroxylation sites is 2. The lowest BCUT2D eigenvalue weighted by Gasteiger charge is -2.39. The number of carbonyl (C=O) groups excluding carboxylic acids is 2. The molecule has 0 bridgehead atoms. The van der Waals surface area contributed by atoms with Crippen molar-refractivity contribution in [3.8, 4) is 0 Å². The number of anilines is 2. The highest BCUT2D eigenvalue weighted by Gasteiger charge is 2.39. The first kappa shape index (κ1) is 16.2. The van der Waals surface area contributed by atoms with Crippen molar-refractivity contribution in [2.24, 2.45) is 0 Å². The highest BCUT2D eigenvalue weighted by atomic mass is 16.2. The number of Topliss-reactive ketones (excluding diaryl/α,β-unsaturated/α-hetero) is 1. The number of aryl methyl sites for hydroxylation is 2. The minimum atomic E-state index is -0.738. The van der Waals surface area contributed by atoms with Gasteiger partial charge in [0.05, 0.1) is 17.9 Å². The van der Waals surface area contributed by atoms with Crippen LogP contribution in [0.15, 0.2) is 42.5 Å². The van der Waals surface area contributed by atoms with Gasteiger partial charge < -0.3 is 10.2 Å². The largest absolute Gasteiger partial charge is 0.370 e. The number of carbonyl (C=O) groups is 2. The number of hydrogen-bond donors (Lipinski definition) is 1. The van der Waals surface area contributed by atoms with Crippen LogP contribution in [0.3, 0.4) is 0 Å². The summed E-state index contributed by atoms with van der Waals surface area (Å²) in [5, 5.41) is 3.24. The molecule has 3 rings (SSSR count). The Morgan fingerprint density at radius 2 is 1.79 bits per heavy atom. The second-order valence-electron chi connectivity index (χ2n) is 6.88. The Balaban J connectivity index is 1.94. The molecule has 1 heterocycles. The molecule has 1 aliphatic heterocycles. The summed E-state index contributed by atoms with van der Waals surface area (Å²) in [6, 6.07) is 13.2. The lowest BCUT2D eigenvalue weighted by atomic mass is 9.97. The molecule has 1 aliphatic rings. The Bertz CT molecular complexity index is 824. The average Bonchev–Trinajstić information content (AvgIpc) is 2.54. The predicted octanol–water partition coefficient (Wildman–Crippen LogP) is 3.72. The van der Waals surface area contributed by atoms with Crippen LogP contribution in [0.4, 0.5) is 11.4 Å². The summed E-state index contributed by atoms with van der Waals surface area (Å²) >= 11 is 0. The fourth-order valence-electron chi connectivity index (χ4n) is 2.96. The van der Waals surface area contributed by atoms with Gasteiger partial charge in [-0.15, -0.1) is 0 Å². The molecule has 1 N–H and O–H groups in total. The lowest BCUT2D eigenvalue weighted by molar-refractivity contribution is -0.122. The highest BCUT2D eigenvalue weighted by Crippen LogP contribution is 2.35. The normalized spacial score (nSPS) is 15.7. The highest BCUT2D eigenvalue weighted by molar-refractivity contribution is 6.12. The molecule has 0 spiro atoms. The van der Waals surface area contributed by atoms with Crippen LogP contribution in [0.2, 0.25) is 0 Å². The van der Waals surface area contributed by atoms with Crippen LogP contribution < -0.4 is 10.2 Å². The van der Waals surface area contributed by atoms with Gasteiger partial charge in [0.15, 0.2) is 5.78 Å². The van der Waals surface area contributed by atoms with E-state index in [4.69, 9.17) is 0 Å². The summed E-state index contributed by atoms with van der Waals surface area (Å²) < 4.78 is 0. The van der Waals surface area contributed by atoms with Crippen molar-refractivity contribution in [1.29, 1.82) is 0 Å². The predicted molar refractivity (Wildman–Crippen MR) is 96.7 cm³/mol. The summed E-state index contributed by atoms with van der Waals surface area (Å²) in [5.74, 6) is -0.155. The molecular formula is C20H22N2O2. The van der Waals surface area contributed by atoms with E-state index in [-0.39, 0.29) is 18.2 Å². The summed E-state index contributed by atoms with van der Waals surface area (Å²) in [7, 11) is 0. The number of rotatable bonds is 3. The molecule has 2 aromatic carbocycles. The Labute approximate surface area is 142 Å². The molecule has 0 saturated carbocycles. The first-order valence-corrected chi connectivity index (χ1v) is 8.09. The minimum Gasteiger partial charge on any atom is -0.370 e.